The number of nitrogens with zero attached hydrogens (tertiary/aromatic N) is 2. The number of carbonyl (C=O) groups is 1. The molecule has 1 aromatic rings. The van der Waals surface area contributed by atoms with Crippen molar-refractivity contribution in [3.63, 3.8) is 0 Å². The van der Waals surface area contributed by atoms with Gasteiger partial charge in [-0.1, -0.05) is 41.7 Å². The molecule has 22 heavy (non-hydrogen) atoms. The van der Waals surface area contributed by atoms with E-state index in [-0.39, 0.29) is 17.9 Å². The highest BCUT2D eigenvalue weighted by Crippen LogP contribution is 2.27. The lowest BCUT2D eigenvalue weighted by molar-refractivity contribution is -0.135. The molecule has 0 bridgehead atoms. The Hall–Kier alpha value is -1.55. The highest BCUT2D eigenvalue weighted by molar-refractivity contribution is 6.30. The molecule has 0 N–H and O–H groups in total. The fraction of sp³-hybridized carbons (Fsp3) is 0.529. The monoisotopic (exact) mass is 320 g/mol. The lowest BCUT2D eigenvalue weighted by Crippen LogP contribution is -2.37. The molecule has 1 saturated carbocycles. The first-order chi connectivity index (χ1) is 10.6. The van der Waals surface area contributed by atoms with Crippen LogP contribution in [0.1, 0.15) is 37.7 Å². The van der Waals surface area contributed by atoms with E-state index in [1.807, 2.05) is 31.3 Å². The van der Waals surface area contributed by atoms with Crippen molar-refractivity contribution in [1.82, 2.24) is 4.90 Å². The van der Waals surface area contributed by atoms with Crippen LogP contribution in [0.4, 0.5) is 0 Å². The first-order valence-corrected chi connectivity index (χ1v) is 8.25. The summed E-state index contributed by atoms with van der Waals surface area (Å²) in [6.45, 7) is 0.593. The number of rotatable bonds is 4. The zero-order valence-corrected chi connectivity index (χ0v) is 13.6. The summed E-state index contributed by atoms with van der Waals surface area (Å²) in [6.07, 6.45) is 5.08. The summed E-state index contributed by atoms with van der Waals surface area (Å²) in [5.74, 6) is 0.462. The van der Waals surface area contributed by atoms with Gasteiger partial charge in [0.15, 0.2) is 6.10 Å². The zero-order valence-electron chi connectivity index (χ0n) is 12.8. The molecule has 0 radical (unpaired) electrons. The summed E-state index contributed by atoms with van der Waals surface area (Å²) in [7, 11) is 1.87. The molecule has 118 valence electrons. The second kappa shape index (κ2) is 6.69. The lowest BCUT2D eigenvalue weighted by Gasteiger charge is -2.23. The average Bonchev–Trinajstić information content (AvgIpc) is 3.18. The molecule has 2 aliphatic rings. The van der Waals surface area contributed by atoms with Crippen LogP contribution in [0, 0.1) is 5.92 Å². The van der Waals surface area contributed by atoms with E-state index in [0.717, 1.165) is 30.5 Å². The minimum atomic E-state index is -0.0546. The Labute approximate surface area is 136 Å². The first-order valence-electron chi connectivity index (χ1n) is 7.87. The Balaban J connectivity index is 1.53. The molecule has 1 aliphatic heterocycles. The molecule has 3 rings (SSSR count). The molecule has 1 amide bonds. The van der Waals surface area contributed by atoms with Crippen LogP contribution in [0.2, 0.25) is 5.02 Å². The van der Waals surface area contributed by atoms with E-state index in [4.69, 9.17) is 16.4 Å². The van der Waals surface area contributed by atoms with Crippen LogP contribution >= 0.6 is 11.6 Å². The van der Waals surface area contributed by atoms with Gasteiger partial charge in [0.25, 0.3) is 0 Å². The van der Waals surface area contributed by atoms with Crippen LogP contribution in [0.25, 0.3) is 0 Å². The summed E-state index contributed by atoms with van der Waals surface area (Å²) in [5.41, 5.74) is 1.94. The van der Waals surface area contributed by atoms with Crippen LogP contribution in [0.3, 0.4) is 0 Å². The second-order valence-corrected chi connectivity index (χ2v) is 6.61. The third kappa shape index (κ3) is 3.43. The largest absolute Gasteiger partial charge is 0.390 e. The fourth-order valence-electron chi connectivity index (χ4n) is 3.22. The number of carbonyl (C=O) groups excluding carboxylic acids is 1. The molecule has 1 heterocycles. The van der Waals surface area contributed by atoms with Gasteiger partial charge in [0.05, 0.1) is 12.3 Å². The van der Waals surface area contributed by atoms with Gasteiger partial charge in [-0.25, -0.2) is 0 Å². The number of hydrogen-bond donors (Lipinski definition) is 0. The number of oxime groups is 1. The summed E-state index contributed by atoms with van der Waals surface area (Å²) >= 11 is 5.90. The quantitative estimate of drug-likeness (QED) is 0.852. The van der Waals surface area contributed by atoms with Crippen molar-refractivity contribution in [3.8, 4) is 0 Å². The molecular formula is C17H21ClN2O2. The highest BCUT2D eigenvalue weighted by Gasteiger charge is 2.29. The number of hydrogen-bond acceptors (Lipinski definition) is 3. The molecule has 0 spiro atoms. The van der Waals surface area contributed by atoms with Crippen molar-refractivity contribution < 1.29 is 9.63 Å². The van der Waals surface area contributed by atoms with Gasteiger partial charge >= 0.3 is 0 Å². The van der Waals surface area contributed by atoms with Gasteiger partial charge < -0.3 is 9.74 Å². The van der Waals surface area contributed by atoms with Gasteiger partial charge in [-0.15, -0.1) is 0 Å². The van der Waals surface area contributed by atoms with E-state index < -0.39 is 0 Å². The highest BCUT2D eigenvalue weighted by atomic mass is 35.5. The minimum absolute atomic E-state index is 0.0546. The molecular weight excluding hydrogens is 300 g/mol. The van der Waals surface area contributed by atoms with E-state index in [0.29, 0.717) is 11.6 Å². The summed E-state index contributed by atoms with van der Waals surface area (Å²) in [6, 6.07) is 7.59. The van der Waals surface area contributed by atoms with E-state index in [9.17, 15) is 4.79 Å². The average molecular weight is 321 g/mol. The van der Waals surface area contributed by atoms with E-state index >= 15 is 0 Å². The molecule has 1 unspecified atom stereocenters. The Morgan fingerprint density at radius 2 is 2.00 bits per heavy atom. The predicted molar refractivity (Wildman–Crippen MR) is 87.1 cm³/mol. The van der Waals surface area contributed by atoms with Gasteiger partial charge in [0.2, 0.25) is 5.91 Å². The Bertz CT molecular complexity index is 565. The predicted octanol–water partition coefficient (Wildman–Crippen LogP) is 3.48. The number of amides is 1. The number of halogens is 1. The maximum absolute atomic E-state index is 12.3. The molecule has 1 aliphatic carbocycles. The van der Waals surface area contributed by atoms with Gasteiger partial charge in [-0.05, 0) is 30.5 Å². The first kappa shape index (κ1) is 15.3. The smallest absolute Gasteiger partial charge is 0.225 e. The molecule has 1 atom stereocenters. The third-order valence-corrected chi connectivity index (χ3v) is 4.72. The standard InChI is InChI=1S/C17H21ClN2O2/c1-20(17(21)13-4-2-3-5-13)11-15-10-16(19-22-15)12-6-8-14(18)9-7-12/h6-9,13,15H,2-5,10-11H2,1H3. The molecule has 5 heteroatoms. The van der Waals surface area contributed by atoms with Crippen LogP contribution in [0.15, 0.2) is 29.4 Å². The molecule has 0 aromatic heterocycles. The number of likely N-dealkylation sites (N-methyl/N-ethyl adjacent to an activating group) is 1. The summed E-state index contributed by atoms with van der Waals surface area (Å²) in [5, 5.41) is 4.87. The minimum Gasteiger partial charge on any atom is -0.390 e. The Morgan fingerprint density at radius 3 is 2.68 bits per heavy atom. The normalized spacial score (nSPS) is 21.5. The van der Waals surface area contributed by atoms with Crippen molar-refractivity contribution in [2.24, 2.45) is 11.1 Å². The van der Waals surface area contributed by atoms with Crippen molar-refractivity contribution in [2.45, 2.75) is 38.2 Å². The maximum atomic E-state index is 12.3. The molecule has 1 aromatic carbocycles. The van der Waals surface area contributed by atoms with Gasteiger partial charge in [0, 0.05) is 24.4 Å². The molecule has 1 fully saturated rings. The van der Waals surface area contributed by atoms with Crippen LogP contribution in [0.5, 0.6) is 0 Å². The Kier molecular flexibility index (Phi) is 4.67. The van der Waals surface area contributed by atoms with Crippen LogP contribution in [-0.4, -0.2) is 36.2 Å². The Morgan fingerprint density at radius 1 is 1.32 bits per heavy atom. The van der Waals surface area contributed by atoms with Crippen molar-refractivity contribution in [1.29, 1.82) is 0 Å². The fourth-order valence-corrected chi connectivity index (χ4v) is 3.34. The van der Waals surface area contributed by atoms with E-state index in [2.05, 4.69) is 5.16 Å². The summed E-state index contributed by atoms with van der Waals surface area (Å²) in [4.78, 5) is 19.6. The van der Waals surface area contributed by atoms with E-state index in [1.165, 1.54) is 12.8 Å². The third-order valence-electron chi connectivity index (χ3n) is 4.47. The van der Waals surface area contributed by atoms with Crippen molar-refractivity contribution >= 4 is 23.2 Å². The number of benzene rings is 1. The second-order valence-electron chi connectivity index (χ2n) is 6.18. The maximum Gasteiger partial charge on any atom is 0.225 e. The van der Waals surface area contributed by atoms with Gasteiger partial charge in [-0.2, -0.15) is 0 Å². The van der Waals surface area contributed by atoms with Crippen LogP contribution < -0.4 is 0 Å². The zero-order chi connectivity index (χ0) is 15.5. The van der Waals surface area contributed by atoms with Gasteiger partial charge in [0.1, 0.15) is 0 Å². The van der Waals surface area contributed by atoms with E-state index in [1.54, 1.807) is 4.90 Å². The topological polar surface area (TPSA) is 41.9 Å². The van der Waals surface area contributed by atoms with Crippen molar-refractivity contribution in [2.75, 3.05) is 13.6 Å². The summed E-state index contributed by atoms with van der Waals surface area (Å²) < 4.78 is 0. The van der Waals surface area contributed by atoms with Crippen LogP contribution in [-0.2, 0) is 9.63 Å². The molecule has 4 nitrogen and oxygen atoms in total. The molecule has 0 saturated heterocycles. The SMILES string of the molecule is CN(CC1CC(c2ccc(Cl)cc2)=NO1)C(=O)C1CCCC1. The van der Waals surface area contributed by atoms with Crippen molar-refractivity contribution in [3.05, 3.63) is 34.9 Å². The van der Waals surface area contributed by atoms with Gasteiger partial charge in [-0.3, -0.25) is 4.79 Å². The lowest BCUT2D eigenvalue weighted by atomic mass is 10.0.